The molecule has 0 bridgehead atoms. The molecule has 2 aromatic rings. The van der Waals surface area contributed by atoms with E-state index in [1.165, 1.54) is 4.88 Å². The summed E-state index contributed by atoms with van der Waals surface area (Å²) in [5.41, 5.74) is 1.01. The minimum atomic E-state index is 0.461. The normalized spacial score (nSPS) is 11.0. The summed E-state index contributed by atoms with van der Waals surface area (Å²) in [6, 6.07) is 4.31. The lowest BCUT2D eigenvalue weighted by atomic mass is 10.2. The van der Waals surface area contributed by atoms with Gasteiger partial charge in [0.05, 0.1) is 14.2 Å². The van der Waals surface area contributed by atoms with Gasteiger partial charge in [0.15, 0.2) is 11.5 Å². The van der Waals surface area contributed by atoms with Crippen molar-refractivity contribution in [2.75, 3.05) is 14.2 Å². The van der Waals surface area contributed by atoms with Crippen molar-refractivity contribution in [3.8, 4) is 22.1 Å². The van der Waals surface area contributed by atoms with Crippen LogP contribution in [-0.4, -0.2) is 25.2 Å². The van der Waals surface area contributed by atoms with E-state index in [0.717, 1.165) is 21.6 Å². The molecule has 1 heterocycles. The first-order valence-electron chi connectivity index (χ1n) is 6.65. The quantitative estimate of drug-likeness (QED) is 0.831. The van der Waals surface area contributed by atoms with Gasteiger partial charge < -0.3 is 14.8 Å². The van der Waals surface area contributed by atoms with Gasteiger partial charge in [-0.25, -0.2) is 4.98 Å². The number of methoxy groups -OCH3 is 2. The minimum absolute atomic E-state index is 0.461. The fourth-order valence-corrected chi connectivity index (χ4v) is 3.37. The zero-order chi connectivity index (χ0) is 15.4. The first-order chi connectivity index (χ1) is 10.0. The molecule has 0 fully saturated rings. The topological polar surface area (TPSA) is 43.4 Å². The summed E-state index contributed by atoms with van der Waals surface area (Å²) in [7, 11) is 3.26. The summed E-state index contributed by atoms with van der Waals surface area (Å²) in [5.74, 6) is 1.40. The number of benzene rings is 1. The maximum Gasteiger partial charge on any atom is 0.161 e. The highest BCUT2D eigenvalue weighted by atomic mass is 79.9. The minimum Gasteiger partial charge on any atom is -0.493 e. The average Bonchev–Trinajstić information content (AvgIpc) is 2.93. The molecule has 1 aromatic heterocycles. The van der Waals surface area contributed by atoms with Crippen molar-refractivity contribution in [3.63, 3.8) is 0 Å². The molecule has 0 saturated carbocycles. The van der Waals surface area contributed by atoms with Crippen LogP contribution in [0.1, 0.15) is 18.7 Å². The van der Waals surface area contributed by atoms with Crippen LogP contribution in [0.15, 0.2) is 22.8 Å². The van der Waals surface area contributed by atoms with Gasteiger partial charge in [0.25, 0.3) is 0 Å². The Morgan fingerprint density at radius 3 is 2.52 bits per heavy atom. The Bertz CT molecular complexity index is 614. The van der Waals surface area contributed by atoms with E-state index < -0.39 is 0 Å². The number of ether oxygens (including phenoxy) is 2. The molecule has 2 rings (SSSR count). The van der Waals surface area contributed by atoms with Crippen molar-refractivity contribution >= 4 is 27.3 Å². The molecule has 6 heteroatoms. The Balaban J connectivity index is 2.29. The van der Waals surface area contributed by atoms with E-state index in [4.69, 9.17) is 9.47 Å². The van der Waals surface area contributed by atoms with E-state index in [9.17, 15) is 0 Å². The number of halogens is 1. The van der Waals surface area contributed by atoms with Gasteiger partial charge in [-0.15, -0.1) is 11.3 Å². The molecule has 1 aromatic carbocycles. The van der Waals surface area contributed by atoms with Crippen LogP contribution in [-0.2, 0) is 6.54 Å². The first kappa shape index (κ1) is 16.3. The Kier molecular flexibility index (Phi) is 5.61. The van der Waals surface area contributed by atoms with Crippen LogP contribution in [0, 0.1) is 0 Å². The van der Waals surface area contributed by atoms with E-state index in [-0.39, 0.29) is 0 Å². The molecular formula is C15H19BrN2O2S. The predicted molar refractivity (Wildman–Crippen MR) is 90.3 cm³/mol. The monoisotopic (exact) mass is 370 g/mol. The second-order valence-electron chi connectivity index (χ2n) is 4.85. The fraction of sp³-hybridized carbons (Fsp3) is 0.400. The molecule has 0 aliphatic carbocycles. The van der Waals surface area contributed by atoms with Crippen LogP contribution < -0.4 is 14.8 Å². The molecular weight excluding hydrogens is 352 g/mol. The molecule has 0 atom stereocenters. The third kappa shape index (κ3) is 3.96. The van der Waals surface area contributed by atoms with Crippen LogP contribution in [0.5, 0.6) is 11.5 Å². The molecule has 1 N–H and O–H groups in total. The number of hydrogen-bond acceptors (Lipinski definition) is 5. The summed E-state index contributed by atoms with van der Waals surface area (Å²) >= 11 is 5.25. The van der Waals surface area contributed by atoms with E-state index in [0.29, 0.717) is 17.5 Å². The van der Waals surface area contributed by atoms with Crippen LogP contribution >= 0.6 is 27.3 Å². The van der Waals surface area contributed by atoms with Crippen molar-refractivity contribution in [1.82, 2.24) is 10.3 Å². The van der Waals surface area contributed by atoms with E-state index >= 15 is 0 Å². The van der Waals surface area contributed by atoms with Gasteiger partial charge >= 0.3 is 0 Å². The Morgan fingerprint density at radius 2 is 1.90 bits per heavy atom. The molecule has 114 valence electrons. The third-order valence-electron chi connectivity index (χ3n) is 2.94. The lowest BCUT2D eigenvalue weighted by molar-refractivity contribution is 0.355. The largest absolute Gasteiger partial charge is 0.493 e. The molecule has 0 unspecified atom stereocenters. The van der Waals surface area contributed by atoms with E-state index in [1.807, 2.05) is 18.3 Å². The molecule has 0 aliphatic rings. The van der Waals surface area contributed by atoms with E-state index in [2.05, 4.69) is 40.1 Å². The molecule has 0 radical (unpaired) electrons. The highest BCUT2D eigenvalue weighted by Gasteiger charge is 2.14. The number of aromatic nitrogens is 1. The van der Waals surface area contributed by atoms with Crippen molar-refractivity contribution in [1.29, 1.82) is 0 Å². The van der Waals surface area contributed by atoms with Crippen molar-refractivity contribution in [3.05, 3.63) is 27.7 Å². The summed E-state index contributed by atoms with van der Waals surface area (Å²) in [4.78, 5) is 5.72. The number of nitrogens with one attached hydrogen (secondary N) is 1. The highest BCUT2D eigenvalue weighted by Crippen LogP contribution is 2.39. The van der Waals surface area contributed by atoms with Gasteiger partial charge in [-0.05, 0) is 28.1 Å². The van der Waals surface area contributed by atoms with Gasteiger partial charge in [-0.3, -0.25) is 0 Å². The SMILES string of the molecule is COc1cc(Br)c(-c2ncc(CNC(C)C)s2)cc1OC. The van der Waals surface area contributed by atoms with Crippen LogP contribution in [0.25, 0.3) is 10.6 Å². The molecule has 21 heavy (non-hydrogen) atoms. The Hall–Kier alpha value is -1.11. The van der Waals surface area contributed by atoms with E-state index in [1.54, 1.807) is 25.6 Å². The number of hydrogen-bond donors (Lipinski definition) is 1. The predicted octanol–water partition coefficient (Wildman–Crippen LogP) is 4.09. The average molecular weight is 371 g/mol. The van der Waals surface area contributed by atoms with Crippen molar-refractivity contribution in [2.45, 2.75) is 26.4 Å². The standard InChI is InChI=1S/C15H19BrN2O2S/c1-9(2)17-7-10-8-18-15(21-10)11-5-13(19-3)14(20-4)6-12(11)16/h5-6,8-9,17H,7H2,1-4H3. The van der Waals surface area contributed by atoms with Crippen LogP contribution in [0.3, 0.4) is 0 Å². The lowest BCUT2D eigenvalue weighted by Gasteiger charge is -2.10. The molecule has 0 saturated heterocycles. The Morgan fingerprint density at radius 1 is 1.24 bits per heavy atom. The molecule has 4 nitrogen and oxygen atoms in total. The fourth-order valence-electron chi connectivity index (χ4n) is 1.84. The highest BCUT2D eigenvalue weighted by molar-refractivity contribution is 9.10. The summed E-state index contributed by atoms with van der Waals surface area (Å²) in [5, 5.41) is 4.36. The zero-order valence-corrected chi connectivity index (χ0v) is 15.0. The second-order valence-corrected chi connectivity index (χ2v) is 6.82. The van der Waals surface area contributed by atoms with Crippen LogP contribution in [0.2, 0.25) is 0 Å². The van der Waals surface area contributed by atoms with Gasteiger partial charge in [-0.1, -0.05) is 13.8 Å². The summed E-state index contributed by atoms with van der Waals surface area (Å²) < 4.78 is 11.6. The smallest absolute Gasteiger partial charge is 0.161 e. The number of nitrogens with zero attached hydrogens (tertiary/aromatic N) is 1. The van der Waals surface area contributed by atoms with Gasteiger partial charge in [0, 0.05) is 33.7 Å². The Labute approximate surface area is 137 Å². The van der Waals surface area contributed by atoms with Gasteiger partial charge in [-0.2, -0.15) is 0 Å². The van der Waals surface area contributed by atoms with Gasteiger partial charge in [0.2, 0.25) is 0 Å². The molecule has 0 amide bonds. The van der Waals surface area contributed by atoms with Crippen molar-refractivity contribution < 1.29 is 9.47 Å². The lowest BCUT2D eigenvalue weighted by Crippen LogP contribution is -2.21. The first-order valence-corrected chi connectivity index (χ1v) is 8.26. The second kappa shape index (κ2) is 7.24. The summed E-state index contributed by atoms with van der Waals surface area (Å²) in [6.45, 7) is 5.10. The van der Waals surface area contributed by atoms with Crippen LogP contribution in [0.4, 0.5) is 0 Å². The number of thiazole rings is 1. The maximum atomic E-state index is 5.36. The van der Waals surface area contributed by atoms with Crippen molar-refractivity contribution in [2.24, 2.45) is 0 Å². The summed E-state index contributed by atoms with van der Waals surface area (Å²) in [6.07, 6.45) is 1.92. The molecule has 0 spiro atoms. The molecule has 0 aliphatic heterocycles. The maximum absolute atomic E-state index is 5.36. The number of rotatable bonds is 6. The van der Waals surface area contributed by atoms with Gasteiger partial charge in [0.1, 0.15) is 5.01 Å². The zero-order valence-electron chi connectivity index (χ0n) is 12.6. The third-order valence-corrected chi connectivity index (χ3v) is 4.63.